The van der Waals surface area contributed by atoms with Gasteiger partial charge in [0, 0.05) is 25.7 Å². The van der Waals surface area contributed by atoms with Gasteiger partial charge in [-0.05, 0) is 42.5 Å². The standard InChI is InChI=1S/C24H28N4O3/c25-21(14-17-6-8-20(29)9-7-17)24-27-22(16-31-24)23(30)26-19-10-12-28(13-11-19)15-18-4-2-1-3-5-18/h1-9,16,19,21,29H,10-15,25H2,(H,26,30). The highest BCUT2D eigenvalue weighted by molar-refractivity contribution is 5.92. The number of nitrogens with zero attached hydrogens (tertiary/aromatic N) is 2. The van der Waals surface area contributed by atoms with E-state index in [-0.39, 0.29) is 23.4 Å². The summed E-state index contributed by atoms with van der Waals surface area (Å²) < 4.78 is 5.46. The van der Waals surface area contributed by atoms with E-state index < -0.39 is 6.04 Å². The molecule has 0 aliphatic carbocycles. The van der Waals surface area contributed by atoms with E-state index in [1.54, 1.807) is 24.3 Å². The summed E-state index contributed by atoms with van der Waals surface area (Å²) in [5.41, 5.74) is 8.70. The molecule has 1 atom stereocenters. The van der Waals surface area contributed by atoms with E-state index in [2.05, 4.69) is 39.5 Å². The van der Waals surface area contributed by atoms with Crippen LogP contribution >= 0.6 is 0 Å². The second kappa shape index (κ2) is 9.76. The Morgan fingerprint density at radius 2 is 1.84 bits per heavy atom. The van der Waals surface area contributed by atoms with Crippen LogP contribution in [0.2, 0.25) is 0 Å². The number of carbonyl (C=O) groups excluding carboxylic acids is 1. The Morgan fingerprint density at radius 1 is 1.13 bits per heavy atom. The molecule has 0 bridgehead atoms. The largest absolute Gasteiger partial charge is 0.508 e. The number of hydrogen-bond donors (Lipinski definition) is 3. The third kappa shape index (κ3) is 5.71. The molecule has 4 N–H and O–H groups in total. The first-order chi connectivity index (χ1) is 15.1. The van der Waals surface area contributed by atoms with E-state index in [0.29, 0.717) is 12.3 Å². The number of aromatic hydroxyl groups is 1. The Labute approximate surface area is 181 Å². The lowest BCUT2D eigenvalue weighted by molar-refractivity contribution is 0.0904. The smallest absolute Gasteiger partial charge is 0.273 e. The number of oxazole rings is 1. The van der Waals surface area contributed by atoms with Crippen LogP contribution in [0.4, 0.5) is 0 Å². The molecule has 1 unspecified atom stereocenters. The minimum Gasteiger partial charge on any atom is -0.508 e. The van der Waals surface area contributed by atoms with Crippen molar-refractivity contribution in [3.63, 3.8) is 0 Å². The zero-order chi connectivity index (χ0) is 21.6. The molecule has 1 aliphatic heterocycles. The first-order valence-electron chi connectivity index (χ1n) is 10.6. The SMILES string of the molecule is NC(Cc1ccc(O)cc1)c1nc(C(=O)NC2CCN(Cc3ccccc3)CC2)co1. The summed E-state index contributed by atoms with van der Waals surface area (Å²) in [5.74, 6) is 0.308. The summed E-state index contributed by atoms with van der Waals surface area (Å²) in [4.78, 5) is 19.3. The number of amides is 1. The first kappa shape index (κ1) is 21.1. The molecular weight excluding hydrogens is 392 g/mol. The highest BCUT2D eigenvalue weighted by Crippen LogP contribution is 2.19. The summed E-state index contributed by atoms with van der Waals surface area (Å²) in [6.07, 6.45) is 3.68. The summed E-state index contributed by atoms with van der Waals surface area (Å²) in [7, 11) is 0. The lowest BCUT2D eigenvalue weighted by Crippen LogP contribution is -2.44. The molecule has 2 aromatic carbocycles. The molecule has 1 fully saturated rings. The molecule has 31 heavy (non-hydrogen) atoms. The van der Waals surface area contributed by atoms with Gasteiger partial charge in [-0.15, -0.1) is 0 Å². The van der Waals surface area contributed by atoms with Crippen molar-refractivity contribution < 1.29 is 14.3 Å². The average Bonchev–Trinajstić information content (AvgIpc) is 3.28. The van der Waals surface area contributed by atoms with Crippen molar-refractivity contribution in [1.29, 1.82) is 0 Å². The minimum absolute atomic E-state index is 0.130. The van der Waals surface area contributed by atoms with Crippen molar-refractivity contribution in [2.24, 2.45) is 5.73 Å². The molecule has 1 aliphatic rings. The molecule has 7 heteroatoms. The number of aromatic nitrogens is 1. The van der Waals surface area contributed by atoms with Crippen molar-refractivity contribution >= 4 is 5.91 Å². The zero-order valence-corrected chi connectivity index (χ0v) is 17.4. The normalized spacial score (nSPS) is 16.2. The number of phenols is 1. The molecule has 7 nitrogen and oxygen atoms in total. The predicted molar refractivity (Wildman–Crippen MR) is 117 cm³/mol. The Morgan fingerprint density at radius 3 is 2.55 bits per heavy atom. The van der Waals surface area contributed by atoms with Gasteiger partial charge >= 0.3 is 0 Å². The maximum absolute atomic E-state index is 12.6. The highest BCUT2D eigenvalue weighted by atomic mass is 16.3. The molecule has 4 rings (SSSR count). The van der Waals surface area contributed by atoms with Gasteiger partial charge < -0.3 is 20.6 Å². The van der Waals surface area contributed by atoms with Gasteiger partial charge in [0.1, 0.15) is 12.0 Å². The zero-order valence-electron chi connectivity index (χ0n) is 17.4. The van der Waals surface area contributed by atoms with Crippen molar-refractivity contribution in [3.05, 3.63) is 83.6 Å². The van der Waals surface area contributed by atoms with Crippen molar-refractivity contribution in [3.8, 4) is 5.75 Å². The fourth-order valence-corrected chi connectivity index (χ4v) is 3.87. The third-order valence-corrected chi connectivity index (χ3v) is 5.64. The third-order valence-electron chi connectivity index (χ3n) is 5.64. The number of piperidine rings is 1. The van der Waals surface area contributed by atoms with E-state index >= 15 is 0 Å². The van der Waals surface area contributed by atoms with Crippen LogP contribution in [0.5, 0.6) is 5.75 Å². The molecular formula is C24H28N4O3. The van der Waals surface area contributed by atoms with Crippen LogP contribution in [0.15, 0.2) is 65.3 Å². The fraction of sp³-hybridized carbons (Fsp3) is 0.333. The Balaban J connectivity index is 1.26. The molecule has 0 radical (unpaired) electrons. The molecule has 1 saturated heterocycles. The Bertz CT molecular complexity index is 980. The molecule has 2 heterocycles. The number of nitrogens with one attached hydrogen (secondary N) is 1. The van der Waals surface area contributed by atoms with Gasteiger partial charge in [0.05, 0.1) is 6.04 Å². The molecule has 1 amide bonds. The molecule has 0 spiro atoms. The summed E-state index contributed by atoms with van der Waals surface area (Å²) >= 11 is 0. The van der Waals surface area contributed by atoms with Gasteiger partial charge in [-0.3, -0.25) is 9.69 Å². The monoisotopic (exact) mass is 420 g/mol. The van der Waals surface area contributed by atoms with Crippen LogP contribution < -0.4 is 11.1 Å². The van der Waals surface area contributed by atoms with Crippen molar-refractivity contribution in [2.75, 3.05) is 13.1 Å². The Hall–Kier alpha value is -3.16. The summed E-state index contributed by atoms with van der Waals surface area (Å²) in [6.45, 7) is 2.83. The average molecular weight is 421 g/mol. The molecule has 1 aromatic heterocycles. The van der Waals surface area contributed by atoms with Gasteiger partial charge in [0.2, 0.25) is 5.89 Å². The minimum atomic E-state index is -0.465. The maximum atomic E-state index is 12.6. The van der Waals surface area contributed by atoms with Gasteiger partial charge in [-0.2, -0.15) is 0 Å². The van der Waals surface area contributed by atoms with Gasteiger partial charge in [0.25, 0.3) is 5.91 Å². The van der Waals surface area contributed by atoms with Crippen LogP contribution in [0.3, 0.4) is 0 Å². The van der Waals surface area contributed by atoms with Gasteiger partial charge in [-0.1, -0.05) is 42.5 Å². The predicted octanol–water partition coefficient (Wildman–Crippen LogP) is 3.02. The Kier molecular flexibility index (Phi) is 6.64. The number of nitrogens with two attached hydrogens (primary N) is 1. The van der Waals surface area contributed by atoms with Gasteiger partial charge in [-0.25, -0.2) is 4.98 Å². The maximum Gasteiger partial charge on any atom is 0.273 e. The van der Waals surface area contributed by atoms with Crippen LogP contribution in [0, 0.1) is 0 Å². The number of likely N-dealkylation sites (tertiary alicyclic amines) is 1. The van der Waals surface area contributed by atoms with E-state index in [0.717, 1.165) is 38.0 Å². The molecule has 0 saturated carbocycles. The van der Waals surface area contributed by atoms with Crippen molar-refractivity contribution in [2.45, 2.75) is 37.9 Å². The molecule has 3 aromatic rings. The van der Waals surface area contributed by atoms with Crippen LogP contribution in [-0.4, -0.2) is 40.0 Å². The van der Waals surface area contributed by atoms with E-state index in [9.17, 15) is 9.90 Å². The van der Waals surface area contributed by atoms with Crippen LogP contribution in [0.25, 0.3) is 0 Å². The highest BCUT2D eigenvalue weighted by Gasteiger charge is 2.23. The quantitative estimate of drug-likeness (QED) is 0.543. The molecule has 162 valence electrons. The number of benzene rings is 2. The van der Waals surface area contributed by atoms with Crippen LogP contribution in [0.1, 0.15) is 46.4 Å². The number of rotatable bonds is 7. The number of hydrogen-bond acceptors (Lipinski definition) is 6. The second-order valence-electron chi connectivity index (χ2n) is 8.06. The van der Waals surface area contributed by atoms with E-state index in [1.807, 2.05) is 6.07 Å². The second-order valence-corrected chi connectivity index (χ2v) is 8.06. The summed E-state index contributed by atoms with van der Waals surface area (Å²) in [5, 5.41) is 12.4. The van der Waals surface area contributed by atoms with E-state index in [1.165, 1.54) is 11.8 Å². The van der Waals surface area contributed by atoms with Gasteiger partial charge in [0.15, 0.2) is 5.69 Å². The van der Waals surface area contributed by atoms with Crippen molar-refractivity contribution in [1.82, 2.24) is 15.2 Å². The lowest BCUT2D eigenvalue weighted by Gasteiger charge is -2.32. The lowest BCUT2D eigenvalue weighted by atomic mass is 10.0. The number of phenolic OH excluding ortho intramolecular Hbond substituents is 1. The van der Waals surface area contributed by atoms with Crippen LogP contribution in [-0.2, 0) is 13.0 Å². The number of carbonyl (C=O) groups is 1. The topological polar surface area (TPSA) is 105 Å². The fourth-order valence-electron chi connectivity index (χ4n) is 3.87. The summed E-state index contributed by atoms with van der Waals surface area (Å²) in [6, 6.07) is 16.9. The first-order valence-corrected chi connectivity index (χ1v) is 10.6. The van der Waals surface area contributed by atoms with E-state index in [4.69, 9.17) is 10.2 Å².